The van der Waals surface area contributed by atoms with Crippen molar-refractivity contribution < 1.29 is 14.7 Å². The number of urea groups is 1. The monoisotopic (exact) mass is 293 g/mol. The predicted octanol–water partition coefficient (Wildman–Crippen LogP) is 2.18. The number of aliphatic hydroxyl groups excluding tert-OH is 1. The van der Waals surface area contributed by atoms with Gasteiger partial charge < -0.3 is 21.1 Å². The molecule has 0 radical (unpaired) electrons. The summed E-state index contributed by atoms with van der Waals surface area (Å²) < 4.78 is 0. The molecule has 3 amide bonds. The van der Waals surface area contributed by atoms with Gasteiger partial charge in [-0.1, -0.05) is 13.8 Å². The molecule has 21 heavy (non-hydrogen) atoms. The quantitative estimate of drug-likeness (QED) is 0.581. The van der Waals surface area contributed by atoms with E-state index in [9.17, 15) is 9.59 Å². The molecule has 6 heteroatoms. The van der Waals surface area contributed by atoms with E-state index in [0.29, 0.717) is 36.7 Å². The second-order valence-electron chi connectivity index (χ2n) is 5.18. The van der Waals surface area contributed by atoms with Crippen LogP contribution in [0.2, 0.25) is 0 Å². The maximum absolute atomic E-state index is 11.6. The minimum Gasteiger partial charge on any atom is -0.396 e. The summed E-state index contributed by atoms with van der Waals surface area (Å²) in [5.41, 5.74) is 1.34. The fourth-order valence-corrected chi connectivity index (χ4v) is 1.68. The Bertz CT molecular complexity index is 458. The van der Waals surface area contributed by atoms with E-state index in [1.165, 1.54) is 0 Å². The van der Waals surface area contributed by atoms with Crippen LogP contribution in [0.1, 0.15) is 26.7 Å². The van der Waals surface area contributed by atoms with Gasteiger partial charge in [-0.2, -0.15) is 0 Å². The van der Waals surface area contributed by atoms with Crippen LogP contribution in [0.3, 0.4) is 0 Å². The first kappa shape index (κ1) is 17.0. The van der Waals surface area contributed by atoms with Gasteiger partial charge in [-0.05, 0) is 36.6 Å². The first-order valence-corrected chi connectivity index (χ1v) is 7.07. The lowest BCUT2D eigenvalue weighted by atomic mass is 10.1. The van der Waals surface area contributed by atoms with E-state index in [4.69, 9.17) is 5.11 Å². The Hall–Kier alpha value is -2.08. The van der Waals surface area contributed by atoms with Gasteiger partial charge in [0.1, 0.15) is 0 Å². The van der Waals surface area contributed by atoms with Gasteiger partial charge in [0.2, 0.25) is 5.91 Å². The Morgan fingerprint density at radius 2 is 1.67 bits per heavy atom. The van der Waals surface area contributed by atoms with Gasteiger partial charge in [-0.25, -0.2) is 4.79 Å². The smallest absolute Gasteiger partial charge is 0.319 e. The minimum atomic E-state index is -0.319. The standard InChI is InChI=1S/C15H23N3O3/c1-11(2)10-14(20)17-12-4-6-13(7-5-12)18-15(21)16-8-3-9-19/h4-7,11,19H,3,8-10H2,1-2H3,(H,17,20)(H2,16,18,21). The molecule has 6 nitrogen and oxygen atoms in total. The summed E-state index contributed by atoms with van der Waals surface area (Å²) in [6.45, 7) is 4.45. The van der Waals surface area contributed by atoms with Crippen LogP contribution in [0.5, 0.6) is 0 Å². The second-order valence-corrected chi connectivity index (χ2v) is 5.18. The van der Waals surface area contributed by atoms with Crippen molar-refractivity contribution in [3.63, 3.8) is 0 Å². The van der Waals surface area contributed by atoms with Crippen LogP contribution in [0.25, 0.3) is 0 Å². The van der Waals surface area contributed by atoms with Crippen molar-refractivity contribution in [2.24, 2.45) is 5.92 Å². The number of carbonyl (C=O) groups is 2. The highest BCUT2D eigenvalue weighted by atomic mass is 16.3. The zero-order valence-electron chi connectivity index (χ0n) is 12.5. The Labute approximate surface area is 124 Å². The summed E-state index contributed by atoms with van der Waals surface area (Å²) in [4.78, 5) is 23.1. The Balaban J connectivity index is 2.43. The van der Waals surface area contributed by atoms with Crippen LogP contribution in [0.15, 0.2) is 24.3 Å². The molecule has 0 aliphatic carbocycles. The number of benzene rings is 1. The average molecular weight is 293 g/mol. The number of amides is 3. The highest BCUT2D eigenvalue weighted by Crippen LogP contribution is 2.14. The number of hydrogen-bond donors (Lipinski definition) is 4. The molecule has 0 saturated heterocycles. The second kappa shape index (κ2) is 8.97. The zero-order chi connectivity index (χ0) is 15.7. The van der Waals surface area contributed by atoms with Crippen LogP contribution >= 0.6 is 0 Å². The summed E-state index contributed by atoms with van der Waals surface area (Å²) in [5, 5.41) is 16.7. The van der Waals surface area contributed by atoms with Gasteiger partial charge >= 0.3 is 6.03 Å². The lowest BCUT2D eigenvalue weighted by Crippen LogP contribution is -2.29. The summed E-state index contributed by atoms with van der Waals surface area (Å²) in [7, 11) is 0. The SMILES string of the molecule is CC(C)CC(=O)Nc1ccc(NC(=O)NCCCO)cc1. The molecule has 1 rings (SSSR count). The summed E-state index contributed by atoms with van der Waals surface area (Å²) in [6.07, 6.45) is 1.00. The van der Waals surface area contributed by atoms with E-state index in [1.807, 2.05) is 13.8 Å². The summed E-state index contributed by atoms with van der Waals surface area (Å²) in [6, 6.07) is 6.59. The Morgan fingerprint density at radius 3 is 2.19 bits per heavy atom. The van der Waals surface area contributed by atoms with Crippen molar-refractivity contribution >= 4 is 23.3 Å². The number of rotatable bonds is 7. The predicted molar refractivity (Wildman–Crippen MR) is 83.3 cm³/mol. The van der Waals surface area contributed by atoms with Crippen molar-refractivity contribution in [1.29, 1.82) is 0 Å². The highest BCUT2D eigenvalue weighted by molar-refractivity contribution is 5.92. The van der Waals surface area contributed by atoms with Gasteiger partial charge in [0.05, 0.1) is 0 Å². The largest absolute Gasteiger partial charge is 0.396 e. The lowest BCUT2D eigenvalue weighted by Gasteiger charge is -2.09. The first-order valence-electron chi connectivity index (χ1n) is 7.07. The van der Waals surface area contributed by atoms with Crippen LogP contribution < -0.4 is 16.0 Å². The molecule has 0 aliphatic heterocycles. The molecule has 0 aliphatic rings. The molecule has 0 atom stereocenters. The number of aliphatic hydroxyl groups is 1. The van der Waals surface area contributed by atoms with E-state index in [-0.39, 0.29) is 18.5 Å². The normalized spacial score (nSPS) is 10.3. The first-order chi connectivity index (χ1) is 10.0. The molecule has 1 aromatic rings. The van der Waals surface area contributed by atoms with Crippen LogP contribution in [-0.4, -0.2) is 30.2 Å². The average Bonchev–Trinajstić information content (AvgIpc) is 2.40. The van der Waals surface area contributed by atoms with E-state index in [1.54, 1.807) is 24.3 Å². The molecule has 116 valence electrons. The molecule has 4 N–H and O–H groups in total. The van der Waals surface area contributed by atoms with Crippen molar-refractivity contribution in [3.05, 3.63) is 24.3 Å². The maximum atomic E-state index is 11.6. The topological polar surface area (TPSA) is 90.5 Å². The van der Waals surface area contributed by atoms with Crippen LogP contribution in [-0.2, 0) is 4.79 Å². The number of anilines is 2. The Kier molecular flexibility index (Phi) is 7.25. The molecule has 0 heterocycles. The molecule has 0 aromatic heterocycles. The van der Waals surface area contributed by atoms with E-state index in [2.05, 4.69) is 16.0 Å². The summed E-state index contributed by atoms with van der Waals surface area (Å²) in [5.74, 6) is 0.293. The molecule has 1 aromatic carbocycles. The minimum absolute atomic E-state index is 0.0209. The molecule has 0 fully saturated rings. The van der Waals surface area contributed by atoms with Gasteiger partial charge in [-0.15, -0.1) is 0 Å². The van der Waals surface area contributed by atoms with Gasteiger partial charge in [0, 0.05) is 30.9 Å². The molecule has 0 unspecified atom stereocenters. The molecular weight excluding hydrogens is 270 g/mol. The third-order valence-electron chi connectivity index (χ3n) is 2.64. The van der Waals surface area contributed by atoms with Gasteiger partial charge in [0.15, 0.2) is 0 Å². The van der Waals surface area contributed by atoms with E-state index >= 15 is 0 Å². The fraction of sp³-hybridized carbons (Fsp3) is 0.467. The van der Waals surface area contributed by atoms with Crippen molar-refractivity contribution in [2.45, 2.75) is 26.7 Å². The lowest BCUT2D eigenvalue weighted by molar-refractivity contribution is -0.116. The molecular formula is C15H23N3O3. The third kappa shape index (κ3) is 7.31. The summed E-state index contributed by atoms with van der Waals surface area (Å²) >= 11 is 0. The molecule has 0 bridgehead atoms. The van der Waals surface area contributed by atoms with E-state index in [0.717, 1.165) is 0 Å². The van der Waals surface area contributed by atoms with Crippen molar-refractivity contribution in [3.8, 4) is 0 Å². The Morgan fingerprint density at radius 1 is 1.10 bits per heavy atom. The number of carbonyl (C=O) groups excluding carboxylic acids is 2. The molecule has 0 spiro atoms. The van der Waals surface area contributed by atoms with Crippen molar-refractivity contribution in [1.82, 2.24) is 5.32 Å². The van der Waals surface area contributed by atoms with Gasteiger partial charge in [0.25, 0.3) is 0 Å². The van der Waals surface area contributed by atoms with Crippen LogP contribution in [0, 0.1) is 5.92 Å². The fourth-order valence-electron chi connectivity index (χ4n) is 1.68. The van der Waals surface area contributed by atoms with Crippen molar-refractivity contribution in [2.75, 3.05) is 23.8 Å². The number of nitrogens with one attached hydrogen (secondary N) is 3. The highest BCUT2D eigenvalue weighted by Gasteiger charge is 2.05. The van der Waals surface area contributed by atoms with E-state index < -0.39 is 0 Å². The maximum Gasteiger partial charge on any atom is 0.319 e. The zero-order valence-corrected chi connectivity index (χ0v) is 12.5. The van der Waals surface area contributed by atoms with Gasteiger partial charge in [-0.3, -0.25) is 4.79 Å². The molecule has 0 saturated carbocycles. The third-order valence-corrected chi connectivity index (χ3v) is 2.64. The number of hydrogen-bond acceptors (Lipinski definition) is 3. The van der Waals surface area contributed by atoms with Crippen LogP contribution in [0.4, 0.5) is 16.2 Å².